The van der Waals surface area contributed by atoms with E-state index in [0.717, 1.165) is 54.9 Å². The van der Waals surface area contributed by atoms with Gasteiger partial charge in [0.15, 0.2) is 0 Å². The Hall–Kier alpha value is -2.33. The molecule has 2 heterocycles. The maximum atomic E-state index is 13.6. The van der Waals surface area contributed by atoms with Gasteiger partial charge in [-0.3, -0.25) is 9.59 Å². The highest BCUT2D eigenvalue weighted by Crippen LogP contribution is 2.38. The zero-order chi connectivity index (χ0) is 21.6. The molecule has 2 aliphatic carbocycles. The minimum absolute atomic E-state index is 0.0641. The first-order valence-electron chi connectivity index (χ1n) is 11.3. The number of amides is 2. The number of aromatic amines is 1. The molecule has 1 aliphatic heterocycles. The number of fused-ring (bicyclic) bond motifs is 3. The third-order valence-electron chi connectivity index (χ3n) is 7.29. The van der Waals surface area contributed by atoms with Gasteiger partial charge < -0.3 is 15.2 Å². The molecule has 1 aromatic heterocycles. The van der Waals surface area contributed by atoms with E-state index in [1.807, 2.05) is 17.0 Å². The van der Waals surface area contributed by atoms with Crippen molar-refractivity contribution in [1.29, 1.82) is 5.26 Å². The Balaban J connectivity index is 1.30. The predicted octanol–water partition coefficient (Wildman–Crippen LogP) is 4.18. The van der Waals surface area contributed by atoms with Crippen molar-refractivity contribution in [2.75, 3.05) is 6.54 Å². The topological polar surface area (TPSA) is 89.0 Å². The lowest BCUT2D eigenvalue weighted by atomic mass is 9.76. The van der Waals surface area contributed by atoms with Crippen molar-refractivity contribution in [3.63, 3.8) is 0 Å². The lowest BCUT2D eigenvalue weighted by Gasteiger charge is -2.36. The second kappa shape index (κ2) is 7.98. The second-order valence-electron chi connectivity index (χ2n) is 9.35. The van der Waals surface area contributed by atoms with Gasteiger partial charge >= 0.3 is 0 Å². The fraction of sp³-hybridized carbons (Fsp3) is 0.542. The van der Waals surface area contributed by atoms with Gasteiger partial charge in [0.2, 0.25) is 11.8 Å². The van der Waals surface area contributed by atoms with Gasteiger partial charge in [-0.1, -0.05) is 25.0 Å². The Bertz CT molecular complexity index is 1080. The number of hydrogen-bond acceptors (Lipinski definition) is 3. The van der Waals surface area contributed by atoms with Crippen LogP contribution >= 0.6 is 15.9 Å². The molecule has 1 aromatic carbocycles. The number of nitriles is 1. The second-order valence-corrected chi connectivity index (χ2v) is 10.2. The van der Waals surface area contributed by atoms with Gasteiger partial charge in [0.25, 0.3) is 0 Å². The number of carbonyl (C=O) groups excluding carboxylic acids is 2. The number of para-hydroxylation sites is 1. The average molecular weight is 483 g/mol. The van der Waals surface area contributed by atoms with E-state index in [2.05, 4.69) is 38.4 Å². The van der Waals surface area contributed by atoms with Crippen LogP contribution in [0.1, 0.15) is 56.2 Å². The molecule has 5 rings (SSSR count). The lowest BCUT2D eigenvalue weighted by Crippen LogP contribution is -2.44. The van der Waals surface area contributed by atoms with E-state index in [0.29, 0.717) is 19.5 Å². The molecule has 0 radical (unpaired) electrons. The zero-order valence-electron chi connectivity index (χ0n) is 17.5. The Kier molecular flexibility index (Phi) is 5.29. The van der Waals surface area contributed by atoms with Gasteiger partial charge in [0.1, 0.15) is 5.54 Å². The molecule has 2 atom stereocenters. The van der Waals surface area contributed by atoms with Crippen LogP contribution in [-0.2, 0) is 22.6 Å². The summed E-state index contributed by atoms with van der Waals surface area (Å²) in [5.41, 5.74) is 2.89. The zero-order valence-corrected chi connectivity index (χ0v) is 19.1. The first kappa shape index (κ1) is 20.6. The highest BCUT2D eigenvalue weighted by molar-refractivity contribution is 9.10. The first-order chi connectivity index (χ1) is 15.0. The van der Waals surface area contributed by atoms with Crippen LogP contribution in [0.25, 0.3) is 10.9 Å². The minimum atomic E-state index is -0.641. The minimum Gasteiger partial charge on any atom is -0.357 e. The van der Waals surface area contributed by atoms with E-state index in [1.54, 1.807) is 0 Å². The van der Waals surface area contributed by atoms with Crippen LogP contribution in [-0.4, -0.2) is 33.8 Å². The van der Waals surface area contributed by atoms with Gasteiger partial charge in [0.05, 0.1) is 11.6 Å². The molecule has 0 saturated heterocycles. The highest BCUT2D eigenvalue weighted by Gasteiger charge is 2.45. The van der Waals surface area contributed by atoms with Crippen LogP contribution in [0.15, 0.2) is 22.7 Å². The van der Waals surface area contributed by atoms with Gasteiger partial charge in [-0.25, -0.2) is 0 Å². The summed E-state index contributed by atoms with van der Waals surface area (Å²) < 4.78 is 1.04. The van der Waals surface area contributed by atoms with Crippen molar-refractivity contribution in [1.82, 2.24) is 15.2 Å². The summed E-state index contributed by atoms with van der Waals surface area (Å²) in [6.45, 7) is 1.33. The van der Waals surface area contributed by atoms with Gasteiger partial charge in [0, 0.05) is 53.0 Å². The first-order valence-corrected chi connectivity index (χ1v) is 12.1. The SMILES string of the molecule is N#CC1(NC(=O)C[C@H]2CCCC[C@H]2C(=O)N2CCc3[nH]c4c(Br)cccc4c3C2)CC1. The molecule has 2 aromatic rings. The number of halogens is 1. The molecule has 2 N–H and O–H groups in total. The molecule has 6 nitrogen and oxygen atoms in total. The molecule has 0 spiro atoms. The molecule has 162 valence electrons. The summed E-state index contributed by atoms with van der Waals surface area (Å²) in [6, 6.07) is 8.39. The molecule has 3 aliphatic rings. The Morgan fingerprint density at radius 1 is 1.29 bits per heavy atom. The van der Waals surface area contributed by atoms with Crippen molar-refractivity contribution in [2.24, 2.45) is 11.8 Å². The highest BCUT2D eigenvalue weighted by atomic mass is 79.9. The van der Waals surface area contributed by atoms with Gasteiger partial charge in [-0.15, -0.1) is 0 Å². The van der Waals surface area contributed by atoms with E-state index >= 15 is 0 Å². The largest absolute Gasteiger partial charge is 0.357 e. The number of nitrogens with one attached hydrogen (secondary N) is 2. The van der Waals surface area contributed by atoms with E-state index in [-0.39, 0.29) is 23.7 Å². The van der Waals surface area contributed by atoms with Crippen molar-refractivity contribution in [3.8, 4) is 6.07 Å². The Morgan fingerprint density at radius 2 is 2.10 bits per heavy atom. The number of benzene rings is 1. The summed E-state index contributed by atoms with van der Waals surface area (Å²) in [5.74, 6) is 0.0737. The number of nitrogens with zero attached hydrogens (tertiary/aromatic N) is 2. The molecule has 2 fully saturated rings. The van der Waals surface area contributed by atoms with Crippen molar-refractivity contribution in [3.05, 3.63) is 33.9 Å². The standard InChI is InChI=1S/C24H27BrN4O2/c25-19-7-3-6-17-18-13-29(11-8-20(18)27-22(17)19)23(31)16-5-2-1-4-15(16)12-21(30)28-24(14-26)9-10-24/h3,6-7,15-16,27H,1-2,4-5,8-13H2,(H,28,30)/t15-,16-/m1/s1. The van der Waals surface area contributed by atoms with Crippen LogP contribution in [0.3, 0.4) is 0 Å². The molecule has 0 unspecified atom stereocenters. The van der Waals surface area contributed by atoms with Crippen LogP contribution in [0.4, 0.5) is 0 Å². The molecule has 31 heavy (non-hydrogen) atoms. The third-order valence-corrected chi connectivity index (χ3v) is 7.95. The Morgan fingerprint density at radius 3 is 2.87 bits per heavy atom. The smallest absolute Gasteiger partial charge is 0.226 e. The van der Waals surface area contributed by atoms with Gasteiger partial charge in [-0.05, 0) is 53.6 Å². The van der Waals surface area contributed by atoms with Crippen LogP contribution < -0.4 is 5.32 Å². The molecular formula is C24H27BrN4O2. The summed E-state index contributed by atoms with van der Waals surface area (Å²) in [6.07, 6.45) is 6.49. The van der Waals surface area contributed by atoms with E-state index < -0.39 is 5.54 Å². The lowest BCUT2D eigenvalue weighted by molar-refractivity contribution is -0.140. The summed E-state index contributed by atoms with van der Waals surface area (Å²) in [5, 5.41) is 13.3. The monoisotopic (exact) mass is 482 g/mol. The van der Waals surface area contributed by atoms with E-state index in [1.165, 1.54) is 16.6 Å². The van der Waals surface area contributed by atoms with Crippen molar-refractivity contribution in [2.45, 2.75) is 63.5 Å². The number of H-pyrrole nitrogens is 1. The Labute approximate surface area is 190 Å². The number of rotatable bonds is 4. The number of hydrogen-bond donors (Lipinski definition) is 2. The third kappa shape index (κ3) is 3.87. The van der Waals surface area contributed by atoms with E-state index in [4.69, 9.17) is 0 Å². The molecule has 2 amide bonds. The maximum absolute atomic E-state index is 13.6. The quantitative estimate of drug-likeness (QED) is 0.684. The average Bonchev–Trinajstić information content (AvgIpc) is 3.44. The van der Waals surface area contributed by atoms with Crippen molar-refractivity contribution >= 4 is 38.6 Å². The summed E-state index contributed by atoms with van der Waals surface area (Å²) in [4.78, 5) is 31.7. The normalized spacial score (nSPS) is 24.3. The number of carbonyl (C=O) groups is 2. The fourth-order valence-corrected chi connectivity index (χ4v) is 5.81. The summed E-state index contributed by atoms with van der Waals surface area (Å²) in [7, 11) is 0. The fourth-order valence-electron chi connectivity index (χ4n) is 5.35. The molecule has 7 heteroatoms. The molecular weight excluding hydrogens is 456 g/mol. The molecule has 0 bridgehead atoms. The maximum Gasteiger partial charge on any atom is 0.226 e. The van der Waals surface area contributed by atoms with Crippen LogP contribution in [0.2, 0.25) is 0 Å². The predicted molar refractivity (Wildman–Crippen MR) is 121 cm³/mol. The van der Waals surface area contributed by atoms with Crippen LogP contribution in [0.5, 0.6) is 0 Å². The van der Waals surface area contributed by atoms with E-state index in [9.17, 15) is 14.9 Å². The number of aromatic nitrogens is 1. The van der Waals surface area contributed by atoms with Gasteiger partial charge in [-0.2, -0.15) is 5.26 Å². The summed E-state index contributed by atoms with van der Waals surface area (Å²) >= 11 is 3.62. The van der Waals surface area contributed by atoms with Crippen molar-refractivity contribution < 1.29 is 9.59 Å². The van der Waals surface area contributed by atoms with Crippen LogP contribution in [0, 0.1) is 23.2 Å². The molecule has 2 saturated carbocycles.